The van der Waals surface area contributed by atoms with Gasteiger partial charge in [0.2, 0.25) is 4.77 Å². The van der Waals surface area contributed by atoms with Crippen molar-refractivity contribution in [2.24, 2.45) is 0 Å². The van der Waals surface area contributed by atoms with Crippen LogP contribution in [0.15, 0.2) is 60.7 Å². The van der Waals surface area contributed by atoms with E-state index in [9.17, 15) is 0 Å². The second-order valence-electron chi connectivity index (χ2n) is 7.26. The minimum absolute atomic E-state index is 0.263. The molecule has 0 radical (unpaired) electrons. The lowest BCUT2D eigenvalue weighted by Crippen LogP contribution is -2.16. The molecule has 0 saturated heterocycles. The molecule has 0 saturated carbocycles. The number of rotatable bonds is 9. The Hall–Kier alpha value is -2.71. The van der Waals surface area contributed by atoms with E-state index in [1.807, 2.05) is 55.5 Å². The van der Waals surface area contributed by atoms with Crippen molar-refractivity contribution in [3.05, 3.63) is 91.6 Å². The van der Waals surface area contributed by atoms with Gasteiger partial charge < -0.3 is 14.9 Å². The predicted octanol–water partition coefficient (Wildman–Crippen LogP) is 7.29. The number of nitrogens with zero attached hydrogens (tertiary/aromatic N) is 2. The van der Waals surface area contributed by atoms with Crippen molar-refractivity contribution in [1.82, 2.24) is 14.9 Å². The van der Waals surface area contributed by atoms with E-state index < -0.39 is 0 Å². The molecule has 0 unspecified atom stereocenters. The van der Waals surface area contributed by atoms with Gasteiger partial charge in [-0.1, -0.05) is 71.2 Å². The summed E-state index contributed by atoms with van der Waals surface area (Å²) >= 11 is 24.1. The highest BCUT2D eigenvalue weighted by atomic mass is 35.5. The number of halogens is 3. The smallest absolute Gasteiger partial charge is 0.214 e. The van der Waals surface area contributed by atoms with Gasteiger partial charge in [-0.2, -0.15) is 5.10 Å². The van der Waals surface area contributed by atoms with Crippen molar-refractivity contribution >= 4 is 47.0 Å². The Bertz CT molecular complexity index is 1340. The molecule has 1 heterocycles. The molecule has 0 aliphatic carbocycles. The predicted molar refractivity (Wildman–Crippen MR) is 139 cm³/mol. The van der Waals surface area contributed by atoms with Crippen molar-refractivity contribution in [2.45, 2.75) is 20.1 Å². The van der Waals surface area contributed by atoms with Crippen LogP contribution in [0, 0.1) is 4.77 Å². The van der Waals surface area contributed by atoms with Gasteiger partial charge in [0.15, 0.2) is 17.3 Å². The van der Waals surface area contributed by atoms with Gasteiger partial charge >= 0.3 is 0 Å². The van der Waals surface area contributed by atoms with Gasteiger partial charge in [-0.15, -0.1) is 0 Å². The Morgan fingerprint density at radius 1 is 0.941 bits per heavy atom. The molecular weight excluding hydrogens is 515 g/mol. The molecule has 0 fully saturated rings. The molecule has 0 spiro atoms. The number of aromatic amines is 1. The van der Waals surface area contributed by atoms with E-state index in [1.54, 1.807) is 16.8 Å². The van der Waals surface area contributed by atoms with E-state index in [4.69, 9.17) is 56.5 Å². The van der Waals surface area contributed by atoms with Gasteiger partial charge in [-0.25, -0.2) is 9.77 Å². The second kappa shape index (κ2) is 11.1. The van der Waals surface area contributed by atoms with Gasteiger partial charge in [0, 0.05) is 5.56 Å². The van der Waals surface area contributed by atoms with Crippen molar-refractivity contribution in [2.75, 3.05) is 12.0 Å². The number of hydrogen-bond acceptors (Lipinski definition) is 5. The highest BCUT2D eigenvalue weighted by Gasteiger charge is 2.15. The Morgan fingerprint density at radius 2 is 1.71 bits per heavy atom. The quantitative estimate of drug-likeness (QED) is 0.220. The molecule has 1 aromatic heterocycles. The molecule has 10 heteroatoms. The van der Waals surface area contributed by atoms with Crippen LogP contribution in [0.2, 0.25) is 15.1 Å². The molecule has 6 nitrogen and oxygen atoms in total. The van der Waals surface area contributed by atoms with E-state index in [0.717, 1.165) is 16.7 Å². The molecule has 4 rings (SSSR count). The fraction of sp³-hybridized carbons (Fsp3) is 0.167. The monoisotopic (exact) mass is 534 g/mol. The number of aromatic nitrogens is 3. The molecule has 176 valence electrons. The molecule has 0 atom stereocenters. The van der Waals surface area contributed by atoms with Gasteiger partial charge in [0.1, 0.15) is 6.61 Å². The minimum Gasteiger partial charge on any atom is -0.490 e. The first-order valence-corrected chi connectivity index (χ1v) is 12.0. The molecule has 0 aliphatic rings. The lowest BCUT2D eigenvalue weighted by atomic mass is 10.2. The summed E-state index contributed by atoms with van der Waals surface area (Å²) in [5.41, 5.74) is 5.98. The molecule has 3 aromatic carbocycles. The zero-order chi connectivity index (χ0) is 24.1. The van der Waals surface area contributed by atoms with Crippen LogP contribution in [-0.4, -0.2) is 21.5 Å². The largest absolute Gasteiger partial charge is 0.490 e. The number of hydrogen-bond donors (Lipinski definition) is 2. The Labute approximate surface area is 217 Å². The molecular formula is C24H21Cl3N4O2S. The van der Waals surface area contributed by atoms with Crippen molar-refractivity contribution < 1.29 is 9.47 Å². The van der Waals surface area contributed by atoms with Crippen LogP contribution >= 0.6 is 47.0 Å². The maximum atomic E-state index is 6.59. The van der Waals surface area contributed by atoms with Gasteiger partial charge in [-0.3, -0.25) is 0 Å². The average molecular weight is 536 g/mol. The van der Waals surface area contributed by atoms with Gasteiger partial charge in [0.05, 0.1) is 28.2 Å². The van der Waals surface area contributed by atoms with Crippen molar-refractivity contribution in [3.8, 4) is 22.9 Å². The lowest BCUT2D eigenvalue weighted by Gasteiger charge is -2.16. The summed E-state index contributed by atoms with van der Waals surface area (Å²) in [4.78, 5) is 0. The van der Waals surface area contributed by atoms with Crippen LogP contribution in [0.3, 0.4) is 0 Å². The summed E-state index contributed by atoms with van der Waals surface area (Å²) in [7, 11) is 0. The standard InChI is InChI=1S/C24H21Cl3N4O2S/c1-2-32-21-12-16(11-20(27)22(21)33-14-15-8-9-18(25)19(26)10-15)13-28-31-23(29-30-24(31)34)17-6-4-3-5-7-17/h3-12,28H,2,13-14H2,1H3,(H,30,34). The maximum absolute atomic E-state index is 6.59. The van der Waals surface area contributed by atoms with Gasteiger partial charge in [-0.05, 0) is 54.5 Å². The van der Waals surface area contributed by atoms with E-state index >= 15 is 0 Å². The van der Waals surface area contributed by atoms with Crippen LogP contribution in [0.5, 0.6) is 11.5 Å². The maximum Gasteiger partial charge on any atom is 0.214 e. The van der Waals surface area contributed by atoms with Crippen LogP contribution in [0.25, 0.3) is 11.4 Å². The summed E-state index contributed by atoms with van der Waals surface area (Å²) in [6.07, 6.45) is 0. The number of nitrogens with one attached hydrogen (secondary N) is 2. The highest BCUT2D eigenvalue weighted by molar-refractivity contribution is 7.71. The zero-order valence-electron chi connectivity index (χ0n) is 18.1. The summed E-state index contributed by atoms with van der Waals surface area (Å²) in [5.74, 6) is 1.69. The third kappa shape index (κ3) is 5.67. The molecule has 0 amide bonds. The SMILES string of the molecule is CCOc1cc(CNn2c(-c3ccccc3)n[nH]c2=S)cc(Cl)c1OCc1ccc(Cl)c(Cl)c1. The van der Waals surface area contributed by atoms with E-state index in [-0.39, 0.29) is 6.61 Å². The number of ether oxygens (including phenoxy) is 2. The van der Waals surface area contributed by atoms with E-state index in [0.29, 0.717) is 50.3 Å². The Kier molecular flexibility index (Phi) is 8.00. The summed E-state index contributed by atoms with van der Waals surface area (Å²) in [6.45, 7) is 3.05. The molecule has 0 aliphatic heterocycles. The molecule has 2 N–H and O–H groups in total. The highest BCUT2D eigenvalue weighted by Crippen LogP contribution is 2.37. The summed E-state index contributed by atoms with van der Waals surface area (Å²) < 4.78 is 14.0. The van der Waals surface area contributed by atoms with Crippen molar-refractivity contribution in [3.63, 3.8) is 0 Å². The van der Waals surface area contributed by atoms with E-state index in [2.05, 4.69) is 15.6 Å². The first-order valence-electron chi connectivity index (χ1n) is 10.4. The van der Waals surface area contributed by atoms with Crippen LogP contribution in [0.4, 0.5) is 0 Å². The molecule has 34 heavy (non-hydrogen) atoms. The fourth-order valence-electron chi connectivity index (χ4n) is 3.31. The number of benzene rings is 3. The lowest BCUT2D eigenvalue weighted by molar-refractivity contribution is 0.269. The zero-order valence-corrected chi connectivity index (χ0v) is 21.2. The Balaban J connectivity index is 1.53. The van der Waals surface area contributed by atoms with Gasteiger partial charge in [0.25, 0.3) is 0 Å². The topological polar surface area (TPSA) is 64.1 Å². The van der Waals surface area contributed by atoms with E-state index in [1.165, 1.54) is 0 Å². The fourth-order valence-corrected chi connectivity index (χ4v) is 4.11. The van der Waals surface area contributed by atoms with Crippen LogP contribution in [-0.2, 0) is 13.2 Å². The summed E-state index contributed by atoms with van der Waals surface area (Å²) in [6, 6.07) is 18.8. The normalized spacial score (nSPS) is 10.8. The van der Waals surface area contributed by atoms with Crippen LogP contribution < -0.4 is 14.9 Å². The Morgan fingerprint density at radius 3 is 2.44 bits per heavy atom. The first kappa shape index (κ1) is 24.4. The molecule has 4 aromatic rings. The third-order valence-corrected chi connectivity index (χ3v) is 6.18. The molecule has 0 bridgehead atoms. The average Bonchev–Trinajstić information content (AvgIpc) is 3.20. The second-order valence-corrected chi connectivity index (χ2v) is 8.87. The van der Waals surface area contributed by atoms with Crippen LogP contribution in [0.1, 0.15) is 18.1 Å². The minimum atomic E-state index is 0.263. The summed E-state index contributed by atoms with van der Waals surface area (Å²) in [5, 5.41) is 8.55. The third-order valence-electron chi connectivity index (χ3n) is 4.88. The first-order chi connectivity index (χ1) is 16.5. The number of H-pyrrole nitrogens is 1. The van der Waals surface area contributed by atoms with Crippen molar-refractivity contribution in [1.29, 1.82) is 0 Å².